The maximum absolute atomic E-state index is 12.1. The molecule has 0 spiro atoms. The van der Waals surface area contributed by atoms with Gasteiger partial charge in [-0.25, -0.2) is 4.79 Å². The fourth-order valence-corrected chi connectivity index (χ4v) is 3.31. The summed E-state index contributed by atoms with van der Waals surface area (Å²) in [6.45, 7) is 9.30. The summed E-state index contributed by atoms with van der Waals surface area (Å²) in [6.07, 6.45) is 0.449. The Hall–Kier alpha value is -1.99. The Morgan fingerprint density at radius 2 is 2.00 bits per heavy atom. The number of benzene rings is 1. The number of nitrogens with zero attached hydrogens (tertiary/aromatic N) is 1. The van der Waals surface area contributed by atoms with Crippen LogP contribution >= 0.6 is 0 Å². The van der Waals surface area contributed by atoms with E-state index in [9.17, 15) is 4.79 Å². The van der Waals surface area contributed by atoms with Crippen molar-refractivity contribution in [1.82, 2.24) is 15.5 Å². The van der Waals surface area contributed by atoms with Crippen molar-refractivity contribution >= 4 is 6.03 Å². The van der Waals surface area contributed by atoms with Gasteiger partial charge in [0.1, 0.15) is 0 Å². The molecule has 2 aliphatic heterocycles. The highest BCUT2D eigenvalue weighted by Gasteiger charge is 2.25. The Morgan fingerprint density at radius 3 is 2.76 bits per heavy atom. The van der Waals surface area contributed by atoms with Gasteiger partial charge in [0.15, 0.2) is 11.5 Å². The van der Waals surface area contributed by atoms with Crippen molar-refractivity contribution in [1.29, 1.82) is 0 Å². The molecule has 3 atom stereocenters. The van der Waals surface area contributed by atoms with Crippen LogP contribution in [0.5, 0.6) is 11.5 Å². The van der Waals surface area contributed by atoms with Gasteiger partial charge in [-0.1, -0.05) is 12.1 Å². The second-order valence-corrected chi connectivity index (χ2v) is 6.77. The van der Waals surface area contributed by atoms with Gasteiger partial charge in [0.05, 0.1) is 12.2 Å². The molecule has 2 amide bonds. The molecule has 138 valence electrons. The molecule has 0 unspecified atom stereocenters. The summed E-state index contributed by atoms with van der Waals surface area (Å²) in [6, 6.07) is 5.76. The van der Waals surface area contributed by atoms with E-state index >= 15 is 0 Å². The van der Waals surface area contributed by atoms with E-state index in [-0.39, 0.29) is 31.1 Å². The molecule has 7 nitrogen and oxygen atoms in total. The number of amides is 2. The van der Waals surface area contributed by atoms with Gasteiger partial charge in [0, 0.05) is 37.8 Å². The van der Waals surface area contributed by atoms with Gasteiger partial charge in [-0.15, -0.1) is 0 Å². The molecule has 3 rings (SSSR count). The lowest BCUT2D eigenvalue weighted by atomic mass is 10.1. The smallest absolute Gasteiger partial charge is 0.315 e. The first-order valence-electron chi connectivity index (χ1n) is 8.81. The third-order valence-corrected chi connectivity index (χ3v) is 4.55. The van der Waals surface area contributed by atoms with E-state index in [1.54, 1.807) is 0 Å². The molecule has 1 saturated heterocycles. The fraction of sp³-hybridized carbons (Fsp3) is 0.611. The number of para-hydroxylation sites is 1. The molecule has 0 aliphatic carbocycles. The molecule has 2 aliphatic rings. The molecule has 25 heavy (non-hydrogen) atoms. The molecule has 0 saturated carbocycles. The van der Waals surface area contributed by atoms with Crippen LogP contribution in [0.2, 0.25) is 0 Å². The van der Waals surface area contributed by atoms with E-state index in [1.807, 2.05) is 18.2 Å². The zero-order valence-electron chi connectivity index (χ0n) is 15.1. The van der Waals surface area contributed by atoms with Crippen LogP contribution in [-0.2, 0) is 11.3 Å². The first kappa shape index (κ1) is 17.8. The lowest BCUT2D eigenvalue weighted by Crippen LogP contribution is -2.52. The number of carbonyl (C=O) groups is 1. The molecule has 7 heteroatoms. The van der Waals surface area contributed by atoms with Gasteiger partial charge in [-0.3, -0.25) is 4.90 Å². The Kier molecular flexibility index (Phi) is 5.65. The predicted octanol–water partition coefficient (Wildman–Crippen LogP) is 1.71. The Balaban J connectivity index is 1.43. The first-order chi connectivity index (χ1) is 12.0. The summed E-state index contributed by atoms with van der Waals surface area (Å²) in [5.41, 5.74) is 0.911. The highest BCUT2D eigenvalue weighted by atomic mass is 16.7. The first-order valence-corrected chi connectivity index (χ1v) is 8.81. The molecule has 2 N–H and O–H groups in total. The third kappa shape index (κ3) is 4.55. The predicted molar refractivity (Wildman–Crippen MR) is 93.8 cm³/mol. The second kappa shape index (κ2) is 7.93. The molecule has 0 bridgehead atoms. The quantitative estimate of drug-likeness (QED) is 0.847. The summed E-state index contributed by atoms with van der Waals surface area (Å²) in [4.78, 5) is 14.5. The van der Waals surface area contributed by atoms with Gasteiger partial charge < -0.3 is 24.8 Å². The van der Waals surface area contributed by atoms with E-state index in [4.69, 9.17) is 14.2 Å². The Morgan fingerprint density at radius 1 is 1.24 bits per heavy atom. The SMILES string of the molecule is C[C@@H]1CN([C@H](C)CNC(=O)NCc2cccc3c2OCO3)C[C@@H](C)O1. The number of morpholine rings is 1. The molecule has 0 aromatic heterocycles. The van der Waals surface area contributed by atoms with Crippen molar-refractivity contribution in [3.8, 4) is 11.5 Å². The second-order valence-electron chi connectivity index (χ2n) is 6.77. The number of ether oxygens (including phenoxy) is 3. The topological polar surface area (TPSA) is 72.1 Å². The molecule has 1 aromatic rings. The van der Waals surface area contributed by atoms with Crippen LogP contribution < -0.4 is 20.1 Å². The van der Waals surface area contributed by atoms with Gasteiger partial charge in [-0.2, -0.15) is 0 Å². The van der Waals surface area contributed by atoms with Crippen LogP contribution in [-0.4, -0.2) is 55.6 Å². The van der Waals surface area contributed by atoms with E-state index in [0.717, 1.165) is 24.4 Å². The lowest BCUT2D eigenvalue weighted by Gasteiger charge is -2.38. The van der Waals surface area contributed by atoms with E-state index in [1.165, 1.54) is 0 Å². The fourth-order valence-electron chi connectivity index (χ4n) is 3.31. The minimum Gasteiger partial charge on any atom is -0.454 e. The van der Waals surface area contributed by atoms with Crippen LogP contribution in [0.25, 0.3) is 0 Å². The summed E-state index contributed by atoms with van der Waals surface area (Å²) < 4.78 is 16.5. The van der Waals surface area contributed by atoms with Gasteiger partial charge in [0.25, 0.3) is 0 Å². The van der Waals surface area contributed by atoms with Crippen LogP contribution in [0.3, 0.4) is 0 Å². The van der Waals surface area contributed by atoms with Gasteiger partial charge >= 0.3 is 6.03 Å². The zero-order chi connectivity index (χ0) is 17.8. The Labute approximate surface area is 148 Å². The van der Waals surface area contributed by atoms with Gasteiger partial charge in [0.2, 0.25) is 6.79 Å². The van der Waals surface area contributed by atoms with E-state index in [0.29, 0.717) is 18.8 Å². The highest BCUT2D eigenvalue weighted by Crippen LogP contribution is 2.35. The zero-order valence-corrected chi connectivity index (χ0v) is 15.1. The van der Waals surface area contributed by atoms with E-state index < -0.39 is 0 Å². The minimum atomic E-state index is -0.183. The minimum absolute atomic E-state index is 0.183. The van der Waals surface area contributed by atoms with Gasteiger partial charge in [-0.05, 0) is 26.8 Å². The number of hydrogen-bond donors (Lipinski definition) is 2. The number of rotatable bonds is 5. The summed E-state index contributed by atoms with van der Waals surface area (Å²) >= 11 is 0. The molecule has 1 aromatic carbocycles. The highest BCUT2D eigenvalue weighted by molar-refractivity contribution is 5.74. The summed E-state index contributed by atoms with van der Waals surface area (Å²) in [5.74, 6) is 1.44. The molecular formula is C18H27N3O4. The largest absolute Gasteiger partial charge is 0.454 e. The maximum Gasteiger partial charge on any atom is 0.315 e. The van der Waals surface area contributed by atoms with Crippen LogP contribution in [0.4, 0.5) is 4.79 Å². The van der Waals surface area contributed by atoms with Crippen molar-refractivity contribution in [2.75, 3.05) is 26.4 Å². The standard InChI is InChI=1S/C18H27N3O4/c1-12(21-9-13(2)25-14(3)10-21)7-19-18(22)20-8-15-5-4-6-16-17(15)24-11-23-16/h4-6,12-14H,7-11H2,1-3H3,(H2,19,20,22)/t12-,13-,14-/m1/s1. The molecular weight excluding hydrogens is 322 g/mol. The van der Waals surface area contributed by atoms with E-state index in [2.05, 4.69) is 36.3 Å². The number of hydrogen-bond acceptors (Lipinski definition) is 5. The van der Waals surface area contributed by atoms with Crippen molar-refractivity contribution in [2.24, 2.45) is 0 Å². The Bertz CT molecular complexity index is 600. The molecule has 1 fully saturated rings. The number of carbonyl (C=O) groups excluding carboxylic acids is 1. The summed E-state index contributed by atoms with van der Waals surface area (Å²) in [5, 5.41) is 5.82. The maximum atomic E-state index is 12.1. The van der Waals surface area contributed by atoms with Crippen molar-refractivity contribution in [3.63, 3.8) is 0 Å². The summed E-state index contributed by atoms with van der Waals surface area (Å²) in [7, 11) is 0. The van der Waals surface area contributed by atoms with Crippen LogP contribution in [0.15, 0.2) is 18.2 Å². The van der Waals surface area contributed by atoms with Crippen LogP contribution in [0.1, 0.15) is 26.3 Å². The average Bonchev–Trinajstić information content (AvgIpc) is 3.06. The number of urea groups is 1. The molecule has 2 heterocycles. The number of fused-ring (bicyclic) bond motifs is 1. The monoisotopic (exact) mass is 349 g/mol. The third-order valence-electron chi connectivity index (χ3n) is 4.55. The van der Waals surface area contributed by atoms with Crippen molar-refractivity contribution in [2.45, 2.75) is 45.6 Å². The van der Waals surface area contributed by atoms with Crippen LogP contribution in [0, 0.1) is 0 Å². The van der Waals surface area contributed by atoms with Crippen molar-refractivity contribution < 1.29 is 19.0 Å². The average molecular weight is 349 g/mol. The van der Waals surface area contributed by atoms with Crippen molar-refractivity contribution in [3.05, 3.63) is 23.8 Å². The number of nitrogens with one attached hydrogen (secondary N) is 2. The molecule has 0 radical (unpaired) electrons. The lowest BCUT2D eigenvalue weighted by molar-refractivity contribution is -0.0778. The normalized spacial score (nSPS) is 24.0.